The van der Waals surface area contributed by atoms with Crippen molar-refractivity contribution in [3.63, 3.8) is 0 Å². The van der Waals surface area contributed by atoms with Gasteiger partial charge < -0.3 is 19.7 Å². The minimum atomic E-state index is -0.805. The number of nitrogens with zero attached hydrogens (tertiary/aromatic N) is 1. The summed E-state index contributed by atoms with van der Waals surface area (Å²) in [5, 5.41) is 3.21. The monoisotopic (exact) mass is 388 g/mol. The van der Waals surface area contributed by atoms with E-state index in [0.717, 1.165) is 31.2 Å². The molecule has 1 unspecified atom stereocenters. The lowest BCUT2D eigenvalue weighted by atomic mass is 9.92. The normalized spacial score (nSPS) is 23.0. The Morgan fingerprint density at radius 1 is 1.25 bits per heavy atom. The van der Waals surface area contributed by atoms with Crippen LogP contribution in [0.25, 0.3) is 0 Å². The van der Waals surface area contributed by atoms with Gasteiger partial charge in [-0.3, -0.25) is 9.59 Å². The number of nitrogens with one attached hydrogen (secondary N) is 1. The third-order valence-electron chi connectivity index (χ3n) is 6.02. The van der Waals surface area contributed by atoms with Crippen LogP contribution in [0.1, 0.15) is 64.4 Å². The number of hydrogen-bond donors (Lipinski definition) is 1. The number of ether oxygens (including phenoxy) is 2. The van der Waals surface area contributed by atoms with E-state index in [0.29, 0.717) is 37.5 Å². The fraction of sp³-hybridized carbons (Fsp3) is 0.636. The van der Waals surface area contributed by atoms with Crippen LogP contribution in [-0.4, -0.2) is 42.0 Å². The Morgan fingerprint density at radius 2 is 2.00 bits per heavy atom. The molecule has 28 heavy (non-hydrogen) atoms. The van der Waals surface area contributed by atoms with Crippen molar-refractivity contribution in [1.82, 2.24) is 10.2 Å². The zero-order valence-corrected chi connectivity index (χ0v) is 17.3. The summed E-state index contributed by atoms with van der Waals surface area (Å²) in [5.74, 6) is 1.32. The van der Waals surface area contributed by atoms with Crippen LogP contribution in [0.15, 0.2) is 18.2 Å². The molecule has 0 radical (unpaired) electrons. The number of hydrogen-bond acceptors (Lipinski definition) is 4. The maximum absolute atomic E-state index is 13.1. The van der Waals surface area contributed by atoms with Crippen LogP contribution >= 0.6 is 0 Å². The highest BCUT2D eigenvalue weighted by atomic mass is 16.5. The smallest absolute Gasteiger partial charge is 0.245 e. The molecule has 154 valence electrons. The molecule has 3 rings (SSSR count). The van der Waals surface area contributed by atoms with Crippen molar-refractivity contribution in [3.05, 3.63) is 23.8 Å². The van der Waals surface area contributed by atoms with Gasteiger partial charge in [-0.1, -0.05) is 25.3 Å². The summed E-state index contributed by atoms with van der Waals surface area (Å²) in [7, 11) is 1.60. The van der Waals surface area contributed by atoms with Gasteiger partial charge in [0.15, 0.2) is 11.5 Å². The summed E-state index contributed by atoms with van der Waals surface area (Å²) < 4.78 is 11.0. The van der Waals surface area contributed by atoms with Crippen molar-refractivity contribution in [2.24, 2.45) is 0 Å². The molecular formula is C22H32N2O4. The zero-order valence-electron chi connectivity index (χ0n) is 17.3. The van der Waals surface area contributed by atoms with Crippen molar-refractivity contribution in [1.29, 1.82) is 0 Å². The number of carbonyl (C=O) groups excluding carboxylic acids is 2. The standard InChI is InChI=1S/C22H32N2O4/c1-4-28-18-11-10-16(14-19(18)27-3)15-24-20(25)12-13-22(24,2)21(26)23-17-8-6-5-7-9-17/h10-11,14,17H,4-9,12-13,15H2,1-3H3,(H,23,26). The summed E-state index contributed by atoms with van der Waals surface area (Å²) in [5.41, 5.74) is 0.118. The van der Waals surface area contributed by atoms with E-state index in [4.69, 9.17) is 9.47 Å². The highest BCUT2D eigenvalue weighted by Gasteiger charge is 2.47. The average Bonchev–Trinajstić information content (AvgIpc) is 2.99. The summed E-state index contributed by atoms with van der Waals surface area (Å²) in [6.45, 7) is 4.75. The van der Waals surface area contributed by atoms with Gasteiger partial charge in [0.1, 0.15) is 5.54 Å². The Labute approximate surface area is 167 Å². The quantitative estimate of drug-likeness (QED) is 0.777. The molecule has 1 atom stereocenters. The van der Waals surface area contributed by atoms with Gasteiger partial charge in [0.05, 0.1) is 13.7 Å². The maximum Gasteiger partial charge on any atom is 0.245 e. The van der Waals surface area contributed by atoms with Crippen LogP contribution in [0.3, 0.4) is 0 Å². The van der Waals surface area contributed by atoms with E-state index in [9.17, 15) is 9.59 Å². The molecule has 1 aliphatic heterocycles. The molecule has 2 aliphatic rings. The predicted molar refractivity (Wildman–Crippen MR) is 107 cm³/mol. The van der Waals surface area contributed by atoms with E-state index < -0.39 is 5.54 Å². The fourth-order valence-corrected chi connectivity index (χ4v) is 4.25. The average molecular weight is 389 g/mol. The second-order valence-corrected chi connectivity index (χ2v) is 7.98. The van der Waals surface area contributed by atoms with Crippen molar-refractivity contribution >= 4 is 11.8 Å². The number of amides is 2. The van der Waals surface area contributed by atoms with Gasteiger partial charge in [0, 0.05) is 19.0 Å². The van der Waals surface area contributed by atoms with E-state index >= 15 is 0 Å². The Hall–Kier alpha value is -2.24. The molecule has 1 saturated heterocycles. The summed E-state index contributed by atoms with van der Waals surface area (Å²) >= 11 is 0. The number of likely N-dealkylation sites (tertiary alicyclic amines) is 1. The molecular weight excluding hydrogens is 356 g/mol. The Bertz CT molecular complexity index is 714. The molecule has 1 heterocycles. The number of methoxy groups -OCH3 is 1. The van der Waals surface area contributed by atoms with E-state index in [1.165, 1.54) is 6.42 Å². The summed E-state index contributed by atoms with van der Waals surface area (Å²) in [6.07, 6.45) is 6.60. The van der Waals surface area contributed by atoms with Crippen LogP contribution in [-0.2, 0) is 16.1 Å². The van der Waals surface area contributed by atoms with Crippen LogP contribution in [0.4, 0.5) is 0 Å². The predicted octanol–water partition coefficient (Wildman–Crippen LogP) is 3.42. The minimum Gasteiger partial charge on any atom is -0.493 e. The molecule has 0 spiro atoms. The van der Waals surface area contributed by atoms with Crippen LogP contribution in [0, 0.1) is 0 Å². The summed E-state index contributed by atoms with van der Waals surface area (Å²) in [4.78, 5) is 27.4. The first-order valence-corrected chi connectivity index (χ1v) is 10.4. The van der Waals surface area contributed by atoms with Crippen LogP contribution in [0.5, 0.6) is 11.5 Å². The van der Waals surface area contributed by atoms with Gasteiger partial charge >= 0.3 is 0 Å². The number of benzene rings is 1. The lowest BCUT2D eigenvalue weighted by Gasteiger charge is -2.36. The van der Waals surface area contributed by atoms with Gasteiger partial charge in [0.25, 0.3) is 0 Å². The van der Waals surface area contributed by atoms with Gasteiger partial charge in [-0.25, -0.2) is 0 Å². The number of rotatable bonds is 7. The maximum atomic E-state index is 13.1. The van der Waals surface area contributed by atoms with Crippen LogP contribution in [0.2, 0.25) is 0 Å². The molecule has 1 aromatic carbocycles. The highest BCUT2D eigenvalue weighted by molar-refractivity contribution is 5.94. The molecule has 2 fully saturated rings. The second-order valence-electron chi connectivity index (χ2n) is 7.98. The Morgan fingerprint density at radius 3 is 2.68 bits per heavy atom. The molecule has 1 aliphatic carbocycles. The van der Waals surface area contributed by atoms with Gasteiger partial charge in [-0.05, 0) is 50.8 Å². The lowest BCUT2D eigenvalue weighted by molar-refractivity contribution is -0.141. The molecule has 1 aromatic rings. The molecule has 0 bridgehead atoms. The van der Waals surface area contributed by atoms with E-state index in [1.54, 1.807) is 12.0 Å². The molecule has 1 saturated carbocycles. The first kappa shape index (κ1) is 20.5. The highest BCUT2D eigenvalue weighted by Crippen LogP contribution is 2.34. The Kier molecular flexibility index (Phi) is 6.47. The minimum absolute atomic E-state index is 0.0224. The first-order chi connectivity index (χ1) is 13.5. The van der Waals surface area contributed by atoms with E-state index in [-0.39, 0.29) is 17.9 Å². The first-order valence-electron chi connectivity index (χ1n) is 10.4. The Balaban J connectivity index is 1.75. The third-order valence-corrected chi connectivity index (χ3v) is 6.02. The van der Waals surface area contributed by atoms with Gasteiger partial charge in [-0.15, -0.1) is 0 Å². The van der Waals surface area contributed by atoms with E-state index in [2.05, 4.69) is 5.32 Å². The van der Waals surface area contributed by atoms with Crippen molar-refractivity contribution in [3.8, 4) is 11.5 Å². The van der Waals surface area contributed by atoms with Crippen molar-refractivity contribution in [2.75, 3.05) is 13.7 Å². The molecule has 1 N–H and O–H groups in total. The van der Waals surface area contributed by atoms with Crippen molar-refractivity contribution in [2.45, 2.75) is 76.9 Å². The molecule has 0 aromatic heterocycles. The largest absolute Gasteiger partial charge is 0.493 e. The van der Waals surface area contributed by atoms with Crippen LogP contribution < -0.4 is 14.8 Å². The fourth-order valence-electron chi connectivity index (χ4n) is 4.25. The molecule has 6 heteroatoms. The van der Waals surface area contributed by atoms with E-state index in [1.807, 2.05) is 32.0 Å². The lowest BCUT2D eigenvalue weighted by Crippen LogP contribution is -2.56. The number of carbonyl (C=O) groups is 2. The SMILES string of the molecule is CCOc1ccc(CN2C(=O)CCC2(C)C(=O)NC2CCCCC2)cc1OC. The van der Waals surface area contributed by atoms with Crippen molar-refractivity contribution < 1.29 is 19.1 Å². The summed E-state index contributed by atoms with van der Waals surface area (Å²) in [6, 6.07) is 5.91. The molecule has 2 amide bonds. The van der Waals surface area contributed by atoms with Gasteiger partial charge in [0.2, 0.25) is 11.8 Å². The zero-order chi connectivity index (χ0) is 20.1. The molecule has 6 nitrogen and oxygen atoms in total. The topological polar surface area (TPSA) is 67.9 Å². The van der Waals surface area contributed by atoms with Gasteiger partial charge in [-0.2, -0.15) is 0 Å². The third kappa shape index (κ3) is 4.26. The second kappa shape index (κ2) is 8.84.